The SMILES string of the molecule is CC1CC=CC(=O)N1CC(=O)O. The zero-order chi connectivity index (χ0) is 9.14. The van der Waals surface area contributed by atoms with Crippen molar-refractivity contribution in [2.24, 2.45) is 0 Å². The topological polar surface area (TPSA) is 57.6 Å². The largest absolute Gasteiger partial charge is 0.480 e. The molecule has 4 heteroatoms. The lowest BCUT2D eigenvalue weighted by molar-refractivity contribution is -0.144. The quantitative estimate of drug-likeness (QED) is 0.644. The van der Waals surface area contributed by atoms with E-state index in [0.717, 1.165) is 6.42 Å². The molecule has 12 heavy (non-hydrogen) atoms. The molecular formula is C8H11NO3. The molecule has 1 unspecified atom stereocenters. The normalized spacial score (nSPS) is 22.9. The van der Waals surface area contributed by atoms with Crippen LogP contribution in [0.5, 0.6) is 0 Å². The van der Waals surface area contributed by atoms with Crippen LogP contribution >= 0.6 is 0 Å². The van der Waals surface area contributed by atoms with Gasteiger partial charge >= 0.3 is 5.97 Å². The number of carbonyl (C=O) groups is 2. The summed E-state index contributed by atoms with van der Waals surface area (Å²) < 4.78 is 0. The molecular weight excluding hydrogens is 158 g/mol. The molecule has 0 saturated carbocycles. The highest BCUT2D eigenvalue weighted by molar-refractivity contribution is 5.91. The van der Waals surface area contributed by atoms with E-state index < -0.39 is 5.97 Å². The summed E-state index contributed by atoms with van der Waals surface area (Å²) in [5.74, 6) is -1.18. The highest BCUT2D eigenvalue weighted by Gasteiger charge is 2.22. The van der Waals surface area contributed by atoms with Gasteiger partial charge in [0.05, 0.1) is 0 Å². The molecule has 0 bridgehead atoms. The fourth-order valence-corrected chi connectivity index (χ4v) is 1.19. The summed E-state index contributed by atoms with van der Waals surface area (Å²) in [4.78, 5) is 22.8. The van der Waals surface area contributed by atoms with Crippen LogP contribution in [0.25, 0.3) is 0 Å². The summed E-state index contributed by atoms with van der Waals surface area (Å²) in [7, 11) is 0. The molecule has 1 rings (SSSR count). The first kappa shape index (κ1) is 8.77. The predicted molar refractivity (Wildman–Crippen MR) is 42.6 cm³/mol. The van der Waals surface area contributed by atoms with E-state index in [9.17, 15) is 9.59 Å². The van der Waals surface area contributed by atoms with E-state index in [-0.39, 0.29) is 18.5 Å². The van der Waals surface area contributed by atoms with Crippen molar-refractivity contribution in [3.05, 3.63) is 12.2 Å². The van der Waals surface area contributed by atoms with Crippen LogP contribution in [-0.2, 0) is 9.59 Å². The molecule has 1 atom stereocenters. The Morgan fingerprint density at radius 1 is 1.83 bits per heavy atom. The Hall–Kier alpha value is -1.32. The maximum Gasteiger partial charge on any atom is 0.323 e. The monoisotopic (exact) mass is 169 g/mol. The molecule has 1 heterocycles. The van der Waals surface area contributed by atoms with Crippen molar-refractivity contribution in [2.45, 2.75) is 19.4 Å². The molecule has 1 aliphatic rings. The van der Waals surface area contributed by atoms with Crippen LogP contribution in [-0.4, -0.2) is 34.5 Å². The Balaban J connectivity index is 2.66. The van der Waals surface area contributed by atoms with Crippen LogP contribution in [0, 0.1) is 0 Å². The summed E-state index contributed by atoms with van der Waals surface area (Å²) in [6, 6.07) is -0.00130. The van der Waals surface area contributed by atoms with Crippen molar-refractivity contribution < 1.29 is 14.7 Å². The van der Waals surface area contributed by atoms with Gasteiger partial charge in [0.1, 0.15) is 6.54 Å². The molecule has 0 aromatic rings. The van der Waals surface area contributed by atoms with Crippen LogP contribution in [0.2, 0.25) is 0 Å². The van der Waals surface area contributed by atoms with Gasteiger partial charge in [0, 0.05) is 6.04 Å². The first-order valence-electron chi connectivity index (χ1n) is 3.80. The highest BCUT2D eigenvalue weighted by atomic mass is 16.4. The molecule has 0 aromatic carbocycles. The number of hydrogen-bond donors (Lipinski definition) is 1. The van der Waals surface area contributed by atoms with Gasteiger partial charge in [-0.2, -0.15) is 0 Å². The van der Waals surface area contributed by atoms with Gasteiger partial charge in [-0.15, -0.1) is 0 Å². The fourth-order valence-electron chi connectivity index (χ4n) is 1.19. The number of carboxylic acid groups (broad SMARTS) is 1. The summed E-state index contributed by atoms with van der Waals surface area (Å²) in [5, 5.41) is 8.48. The molecule has 0 radical (unpaired) electrons. The summed E-state index contributed by atoms with van der Waals surface area (Å²) in [6.45, 7) is 1.63. The second kappa shape index (κ2) is 3.38. The van der Waals surface area contributed by atoms with E-state index in [0.29, 0.717) is 0 Å². The van der Waals surface area contributed by atoms with Gasteiger partial charge in [-0.05, 0) is 19.4 Å². The summed E-state index contributed by atoms with van der Waals surface area (Å²) in [6.07, 6.45) is 3.92. The molecule has 1 aliphatic heterocycles. The standard InChI is InChI=1S/C8H11NO3/c1-6-3-2-4-7(10)9(6)5-8(11)12/h2,4,6H,3,5H2,1H3,(H,11,12). The minimum Gasteiger partial charge on any atom is -0.480 e. The Morgan fingerprint density at radius 3 is 3.00 bits per heavy atom. The van der Waals surface area contributed by atoms with Crippen molar-refractivity contribution >= 4 is 11.9 Å². The van der Waals surface area contributed by atoms with Gasteiger partial charge in [-0.3, -0.25) is 9.59 Å². The van der Waals surface area contributed by atoms with Crippen molar-refractivity contribution in [1.29, 1.82) is 0 Å². The van der Waals surface area contributed by atoms with Crippen LogP contribution in [0.15, 0.2) is 12.2 Å². The van der Waals surface area contributed by atoms with Gasteiger partial charge < -0.3 is 10.0 Å². The Labute approximate surface area is 70.5 Å². The lowest BCUT2D eigenvalue weighted by atomic mass is 10.1. The molecule has 4 nitrogen and oxygen atoms in total. The third-order valence-electron chi connectivity index (χ3n) is 1.86. The Morgan fingerprint density at radius 2 is 2.50 bits per heavy atom. The number of carbonyl (C=O) groups excluding carboxylic acids is 1. The second-order valence-corrected chi connectivity index (χ2v) is 2.85. The van der Waals surface area contributed by atoms with Crippen molar-refractivity contribution in [1.82, 2.24) is 4.90 Å². The molecule has 66 valence electrons. The minimum absolute atomic E-state index is 0.00130. The third kappa shape index (κ3) is 1.84. The van der Waals surface area contributed by atoms with Crippen LogP contribution in [0.4, 0.5) is 0 Å². The van der Waals surface area contributed by atoms with Crippen molar-refractivity contribution in [3.63, 3.8) is 0 Å². The lowest BCUT2D eigenvalue weighted by Crippen LogP contribution is -2.42. The number of nitrogens with zero attached hydrogens (tertiary/aromatic N) is 1. The zero-order valence-electron chi connectivity index (χ0n) is 6.86. The van der Waals surface area contributed by atoms with Crippen molar-refractivity contribution in [3.8, 4) is 0 Å². The molecule has 0 fully saturated rings. The number of carboxylic acids is 1. The number of amides is 1. The number of aliphatic carboxylic acids is 1. The number of hydrogen-bond acceptors (Lipinski definition) is 2. The molecule has 0 aliphatic carbocycles. The predicted octanol–water partition coefficient (Wildman–Crippen LogP) is 0.248. The maximum absolute atomic E-state index is 11.1. The molecule has 0 spiro atoms. The first-order valence-corrected chi connectivity index (χ1v) is 3.80. The van der Waals surface area contributed by atoms with E-state index in [2.05, 4.69) is 0 Å². The van der Waals surface area contributed by atoms with Crippen LogP contribution < -0.4 is 0 Å². The van der Waals surface area contributed by atoms with Crippen LogP contribution in [0.3, 0.4) is 0 Å². The minimum atomic E-state index is -0.967. The molecule has 1 amide bonds. The smallest absolute Gasteiger partial charge is 0.323 e. The van der Waals surface area contributed by atoms with E-state index in [1.165, 1.54) is 11.0 Å². The summed E-state index contributed by atoms with van der Waals surface area (Å²) >= 11 is 0. The first-order chi connectivity index (χ1) is 5.61. The van der Waals surface area contributed by atoms with Gasteiger partial charge in [-0.1, -0.05) is 6.08 Å². The highest BCUT2D eigenvalue weighted by Crippen LogP contribution is 2.10. The average molecular weight is 169 g/mol. The summed E-state index contributed by atoms with van der Waals surface area (Å²) in [5.41, 5.74) is 0. The molecule has 0 aromatic heterocycles. The number of rotatable bonds is 2. The van der Waals surface area contributed by atoms with Gasteiger partial charge in [0.15, 0.2) is 0 Å². The van der Waals surface area contributed by atoms with E-state index in [1.54, 1.807) is 6.08 Å². The van der Waals surface area contributed by atoms with Crippen LogP contribution in [0.1, 0.15) is 13.3 Å². The average Bonchev–Trinajstić information content (AvgIpc) is 1.97. The zero-order valence-corrected chi connectivity index (χ0v) is 6.86. The molecule has 1 N–H and O–H groups in total. The lowest BCUT2D eigenvalue weighted by Gasteiger charge is -2.28. The third-order valence-corrected chi connectivity index (χ3v) is 1.86. The van der Waals surface area contributed by atoms with Gasteiger partial charge in [-0.25, -0.2) is 0 Å². The molecule has 0 saturated heterocycles. The second-order valence-electron chi connectivity index (χ2n) is 2.85. The fraction of sp³-hybridized carbons (Fsp3) is 0.500. The Bertz CT molecular complexity index is 234. The maximum atomic E-state index is 11.1. The van der Waals surface area contributed by atoms with E-state index in [1.807, 2.05) is 6.92 Å². The van der Waals surface area contributed by atoms with E-state index in [4.69, 9.17) is 5.11 Å². The van der Waals surface area contributed by atoms with Gasteiger partial charge in [0.25, 0.3) is 0 Å². The Kier molecular flexibility index (Phi) is 2.47. The van der Waals surface area contributed by atoms with Gasteiger partial charge in [0.2, 0.25) is 5.91 Å². The van der Waals surface area contributed by atoms with Crippen molar-refractivity contribution in [2.75, 3.05) is 6.54 Å². The van der Waals surface area contributed by atoms with E-state index >= 15 is 0 Å².